The predicted octanol–water partition coefficient (Wildman–Crippen LogP) is 3.14. The van der Waals surface area contributed by atoms with Gasteiger partial charge in [-0.3, -0.25) is 4.68 Å². The van der Waals surface area contributed by atoms with E-state index in [0.717, 1.165) is 28.6 Å². The Bertz CT molecular complexity index is 593. The summed E-state index contributed by atoms with van der Waals surface area (Å²) in [5, 5.41) is 7.75. The number of hydrogen-bond donors (Lipinski definition) is 1. The van der Waals surface area contributed by atoms with Gasteiger partial charge in [-0.05, 0) is 39.0 Å². The fraction of sp³-hybridized carbons (Fsp3) is 0.438. The zero-order valence-corrected chi connectivity index (χ0v) is 13.1. The minimum atomic E-state index is 0.632. The summed E-state index contributed by atoms with van der Waals surface area (Å²) in [6.07, 6.45) is 0. The summed E-state index contributed by atoms with van der Waals surface area (Å²) in [6, 6.07) is 7.90. The van der Waals surface area contributed by atoms with Gasteiger partial charge in [0.15, 0.2) is 0 Å². The van der Waals surface area contributed by atoms with Crippen LogP contribution in [-0.4, -0.2) is 23.0 Å². The summed E-state index contributed by atoms with van der Waals surface area (Å²) in [5.74, 6) is 1.67. The Balaban J connectivity index is 2.15. The molecular weight excluding hydrogens is 266 g/mol. The van der Waals surface area contributed by atoms with Crippen LogP contribution in [0.25, 0.3) is 0 Å². The third-order valence-corrected chi connectivity index (χ3v) is 3.12. The number of hydrogen-bond acceptors (Lipinski definition) is 4. The highest BCUT2D eigenvalue weighted by Crippen LogP contribution is 2.29. The zero-order chi connectivity index (χ0) is 15.2. The van der Waals surface area contributed by atoms with Crippen LogP contribution < -0.4 is 14.8 Å². The first-order chi connectivity index (χ1) is 10.1. The fourth-order valence-electron chi connectivity index (χ4n) is 2.20. The average Bonchev–Trinajstić information content (AvgIpc) is 2.77. The Morgan fingerprint density at radius 1 is 1.14 bits per heavy atom. The van der Waals surface area contributed by atoms with E-state index in [1.54, 1.807) is 0 Å². The van der Waals surface area contributed by atoms with Gasteiger partial charge in [0, 0.05) is 13.1 Å². The van der Waals surface area contributed by atoms with E-state index in [0.29, 0.717) is 19.8 Å². The van der Waals surface area contributed by atoms with Crippen molar-refractivity contribution in [2.75, 3.05) is 18.5 Å². The Hall–Kier alpha value is -2.17. The molecule has 0 spiro atoms. The summed E-state index contributed by atoms with van der Waals surface area (Å²) >= 11 is 0. The van der Waals surface area contributed by atoms with Crippen molar-refractivity contribution in [3.63, 3.8) is 0 Å². The van der Waals surface area contributed by atoms with E-state index in [-0.39, 0.29) is 0 Å². The monoisotopic (exact) mass is 289 g/mol. The topological polar surface area (TPSA) is 48.3 Å². The number of benzene rings is 1. The summed E-state index contributed by atoms with van der Waals surface area (Å²) in [5.41, 5.74) is 3.07. The highest BCUT2D eigenvalue weighted by Gasteiger charge is 2.07. The number of nitrogens with zero attached hydrogens (tertiary/aromatic N) is 2. The maximum atomic E-state index is 5.65. The smallest absolute Gasteiger partial charge is 0.142 e. The Morgan fingerprint density at radius 3 is 2.52 bits per heavy atom. The molecule has 0 atom stereocenters. The maximum Gasteiger partial charge on any atom is 0.142 e. The molecule has 5 nitrogen and oxygen atoms in total. The third-order valence-electron chi connectivity index (χ3n) is 3.12. The van der Waals surface area contributed by atoms with Gasteiger partial charge < -0.3 is 14.8 Å². The molecule has 1 aromatic carbocycles. The van der Waals surface area contributed by atoms with Gasteiger partial charge in [0.25, 0.3) is 0 Å². The second-order valence-electron chi connectivity index (χ2n) is 4.78. The van der Waals surface area contributed by atoms with Gasteiger partial charge in [0.1, 0.15) is 11.5 Å². The van der Waals surface area contributed by atoms with E-state index < -0.39 is 0 Å². The molecule has 0 saturated carbocycles. The second kappa shape index (κ2) is 7.02. The number of aryl methyl sites for hydroxylation is 2. The van der Waals surface area contributed by atoms with Crippen molar-refractivity contribution in [3.05, 3.63) is 35.7 Å². The van der Waals surface area contributed by atoms with Gasteiger partial charge in [0.2, 0.25) is 0 Å². The van der Waals surface area contributed by atoms with Gasteiger partial charge in [-0.15, -0.1) is 0 Å². The molecule has 1 aromatic heterocycles. The first-order valence-electron chi connectivity index (χ1n) is 7.27. The summed E-state index contributed by atoms with van der Waals surface area (Å²) in [6.45, 7) is 7.91. The van der Waals surface area contributed by atoms with E-state index in [1.165, 1.54) is 0 Å². The lowest BCUT2D eigenvalue weighted by Crippen LogP contribution is -2.07. The van der Waals surface area contributed by atoms with Crippen LogP contribution in [0.4, 0.5) is 5.69 Å². The number of nitrogens with one attached hydrogen (secondary N) is 1. The van der Waals surface area contributed by atoms with Crippen molar-refractivity contribution < 1.29 is 9.47 Å². The lowest BCUT2D eigenvalue weighted by molar-refractivity contribution is 0.332. The zero-order valence-electron chi connectivity index (χ0n) is 13.1. The second-order valence-corrected chi connectivity index (χ2v) is 4.78. The minimum Gasteiger partial charge on any atom is -0.494 e. The van der Waals surface area contributed by atoms with Gasteiger partial charge in [0.05, 0.1) is 36.8 Å². The van der Waals surface area contributed by atoms with Crippen LogP contribution in [-0.2, 0) is 13.6 Å². The van der Waals surface area contributed by atoms with Crippen LogP contribution in [0.1, 0.15) is 25.2 Å². The lowest BCUT2D eigenvalue weighted by Gasteiger charge is -2.14. The van der Waals surface area contributed by atoms with Crippen molar-refractivity contribution in [1.29, 1.82) is 0 Å². The van der Waals surface area contributed by atoms with E-state index in [4.69, 9.17) is 9.47 Å². The fourth-order valence-corrected chi connectivity index (χ4v) is 2.20. The van der Waals surface area contributed by atoms with Crippen LogP contribution in [0.3, 0.4) is 0 Å². The number of aromatic nitrogens is 2. The van der Waals surface area contributed by atoms with Gasteiger partial charge in [-0.25, -0.2) is 0 Å². The van der Waals surface area contributed by atoms with Crippen molar-refractivity contribution in [1.82, 2.24) is 9.78 Å². The Kier molecular flexibility index (Phi) is 5.09. The maximum absolute atomic E-state index is 5.65. The van der Waals surface area contributed by atoms with Gasteiger partial charge in [-0.1, -0.05) is 0 Å². The van der Waals surface area contributed by atoms with Crippen LogP contribution in [0.15, 0.2) is 24.3 Å². The summed E-state index contributed by atoms with van der Waals surface area (Å²) in [4.78, 5) is 0. The molecular formula is C16H23N3O2. The lowest BCUT2D eigenvalue weighted by atomic mass is 10.2. The summed E-state index contributed by atoms with van der Waals surface area (Å²) in [7, 11) is 1.95. The normalized spacial score (nSPS) is 10.5. The van der Waals surface area contributed by atoms with E-state index in [2.05, 4.69) is 16.5 Å². The van der Waals surface area contributed by atoms with E-state index in [9.17, 15) is 0 Å². The quantitative estimate of drug-likeness (QED) is 0.850. The van der Waals surface area contributed by atoms with Crippen molar-refractivity contribution >= 4 is 5.69 Å². The van der Waals surface area contributed by atoms with Crippen molar-refractivity contribution in [2.24, 2.45) is 7.05 Å². The van der Waals surface area contributed by atoms with Crippen LogP contribution in [0, 0.1) is 6.92 Å². The van der Waals surface area contributed by atoms with Crippen LogP contribution in [0.2, 0.25) is 0 Å². The molecule has 21 heavy (non-hydrogen) atoms. The number of rotatable bonds is 7. The first kappa shape index (κ1) is 15.2. The minimum absolute atomic E-state index is 0.632. The molecule has 5 heteroatoms. The molecule has 1 heterocycles. The molecule has 0 aliphatic rings. The highest BCUT2D eigenvalue weighted by atomic mass is 16.5. The molecule has 2 aromatic rings. The molecule has 0 bridgehead atoms. The van der Waals surface area contributed by atoms with Gasteiger partial charge in [-0.2, -0.15) is 5.10 Å². The Labute approximate surface area is 125 Å². The highest BCUT2D eigenvalue weighted by molar-refractivity contribution is 5.59. The first-order valence-corrected chi connectivity index (χ1v) is 7.27. The van der Waals surface area contributed by atoms with Crippen molar-refractivity contribution in [2.45, 2.75) is 27.3 Å². The molecule has 0 amide bonds. The molecule has 0 aliphatic heterocycles. The largest absolute Gasteiger partial charge is 0.494 e. The summed E-state index contributed by atoms with van der Waals surface area (Å²) < 4.78 is 13.1. The van der Waals surface area contributed by atoms with Crippen molar-refractivity contribution in [3.8, 4) is 11.5 Å². The van der Waals surface area contributed by atoms with E-state index >= 15 is 0 Å². The SMILES string of the molecule is CCOc1ccc(OCC)c(NCc2cc(C)nn2C)c1. The third kappa shape index (κ3) is 3.90. The average molecular weight is 289 g/mol. The molecule has 0 radical (unpaired) electrons. The molecule has 0 unspecified atom stereocenters. The predicted molar refractivity (Wildman–Crippen MR) is 84.1 cm³/mol. The molecule has 0 aliphatic carbocycles. The molecule has 1 N–H and O–H groups in total. The van der Waals surface area contributed by atoms with E-state index in [1.807, 2.05) is 50.7 Å². The molecule has 0 saturated heterocycles. The molecule has 2 rings (SSSR count). The molecule has 114 valence electrons. The number of anilines is 1. The standard InChI is InChI=1S/C16H23N3O2/c1-5-20-14-7-8-16(21-6-2)15(10-14)17-11-13-9-12(3)18-19(13)4/h7-10,17H,5-6,11H2,1-4H3. The van der Waals surface area contributed by atoms with Crippen LogP contribution >= 0.6 is 0 Å². The van der Waals surface area contributed by atoms with Gasteiger partial charge >= 0.3 is 0 Å². The molecule has 0 fully saturated rings. The number of ether oxygens (including phenoxy) is 2. The Morgan fingerprint density at radius 2 is 1.90 bits per heavy atom. The van der Waals surface area contributed by atoms with Crippen LogP contribution in [0.5, 0.6) is 11.5 Å².